The predicted octanol–water partition coefficient (Wildman–Crippen LogP) is 3.42. The van der Waals surface area contributed by atoms with Gasteiger partial charge in [-0.1, -0.05) is 24.3 Å². The molecule has 2 aromatic carbocycles. The van der Waals surface area contributed by atoms with E-state index in [1.165, 1.54) is 12.1 Å². The van der Waals surface area contributed by atoms with Gasteiger partial charge in [-0.2, -0.15) is 13.2 Å². The number of amides is 1. The number of alkyl halides is 3. The molecule has 0 saturated heterocycles. The van der Waals surface area contributed by atoms with E-state index in [2.05, 4.69) is 5.32 Å². The van der Waals surface area contributed by atoms with Crippen LogP contribution in [0.2, 0.25) is 0 Å². The molecule has 0 aromatic heterocycles. The monoisotopic (exact) mass is 294 g/mol. The molecule has 0 saturated carbocycles. The Morgan fingerprint density at radius 2 is 1.81 bits per heavy atom. The summed E-state index contributed by atoms with van der Waals surface area (Å²) in [6, 6.07) is 11.2. The minimum atomic E-state index is -4.45. The normalized spacial score (nSPS) is 11.2. The van der Waals surface area contributed by atoms with Crippen molar-refractivity contribution in [3.63, 3.8) is 0 Å². The first-order valence-electron chi connectivity index (χ1n) is 6.18. The molecule has 3 N–H and O–H groups in total. The highest BCUT2D eigenvalue weighted by atomic mass is 19.4. The molecule has 2 rings (SSSR count). The van der Waals surface area contributed by atoms with Crippen molar-refractivity contribution in [2.24, 2.45) is 5.73 Å². The molecule has 0 atom stereocenters. The molecule has 0 heterocycles. The second-order valence-electron chi connectivity index (χ2n) is 4.39. The molecule has 0 bridgehead atoms. The lowest BCUT2D eigenvalue weighted by atomic mass is 10.1. The second-order valence-corrected chi connectivity index (χ2v) is 4.39. The first-order valence-corrected chi connectivity index (χ1v) is 6.18. The number of nitrogens with two attached hydrogens (primary N) is 1. The van der Waals surface area contributed by atoms with E-state index in [1.54, 1.807) is 24.3 Å². The van der Waals surface area contributed by atoms with Crippen LogP contribution in [-0.4, -0.2) is 5.91 Å². The van der Waals surface area contributed by atoms with Gasteiger partial charge in [-0.15, -0.1) is 0 Å². The maximum atomic E-state index is 12.6. The summed E-state index contributed by atoms with van der Waals surface area (Å²) in [5.41, 5.74) is 5.78. The summed E-state index contributed by atoms with van der Waals surface area (Å²) in [6.07, 6.45) is -4.45. The molecule has 0 unspecified atom stereocenters. The zero-order valence-corrected chi connectivity index (χ0v) is 10.9. The lowest BCUT2D eigenvalue weighted by Crippen LogP contribution is -2.16. The third kappa shape index (κ3) is 3.61. The van der Waals surface area contributed by atoms with Crippen LogP contribution in [0.1, 0.15) is 21.5 Å². The summed E-state index contributed by atoms with van der Waals surface area (Å²) in [7, 11) is 0. The number of hydrogen-bond acceptors (Lipinski definition) is 2. The van der Waals surface area contributed by atoms with Crippen LogP contribution >= 0.6 is 0 Å². The molecular weight excluding hydrogens is 281 g/mol. The zero-order chi connectivity index (χ0) is 15.5. The zero-order valence-electron chi connectivity index (χ0n) is 10.9. The Bertz CT molecular complexity index is 653. The van der Waals surface area contributed by atoms with E-state index < -0.39 is 17.6 Å². The molecule has 0 aliphatic heterocycles. The van der Waals surface area contributed by atoms with Crippen LogP contribution in [0.25, 0.3) is 0 Å². The average Bonchev–Trinajstić information content (AvgIpc) is 2.46. The largest absolute Gasteiger partial charge is 0.416 e. The van der Waals surface area contributed by atoms with Crippen LogP contribution in [0.3, 0.4) is 0 Å². The van der Waals surface area contributed by atoms with E-state index >= 15 is 0 Å². The van der Waals surface area contributed by atoms with Crippen molar-refractivity contribution >= 4 is 11.6 Å². The molecule has 110 valence electrons. The highest BCUT2D eigenvalue weighted by Gasteiger charge is 2.30. The average molecular weight is 294 g/mol. The summed E-state index contributed by atoms with van der Waals surface area (Å²) >= 11 is 0. The topological polar surface area (TPSA) is 55.1 Å². The Labute approximate surface area is 119 Å². The number of carbonyl (C=O) groups is 1. The fraction of sp³-hybridized carbons (Fsp3) is 0.133. The van der Waals surface area contributed by atoms with Gasteiger partial charge in [0.1, 0.15) is 0 Å². The van der Waals surface area contributed by atoms with Gasteiger partial charge in [0.15, 0.2) is 0 Å². The van der Waals surface area contributed by atoms with Crippen molar-refractivity contribution in [2.75, 3.05) is 5.32 Å². The number of carbonyl (C=O) groups excluding carboxylic acids is 1. The summed E-state index contributed by atoms with van der Waals surface area (Å²) in [4.78, 5) is 12.1. The van der Waals surface area contributed by atoms with Crippen molar-refractivity contribution in [2.45, 2.75) is 12.7 Å². The molecule has 3 nitrogen and oxygen atoms in total. The molecule has 0 aliphatic carbocycles. The van der Waals surface area contributed by atoms with Crippen molar-refractivity contribution in [1.29, 1.82) is 0 Å². The first kappa shape index (κ1) is 15.1. The van der Waals surface area contributed by atoms with Gasteiger partial charge >= 0.3 is 6.18 Å². The third-order valence-corrected chi connectivity index (χ3v) is 2.93. The number of anilines is 1. The Hall–Kier alpha value is -2.34. The number of rotatable bonds is 3. The minimum Gasteiger partial charge on any atom is -0.326 e. The van der Waals surface area contributed by atoms with Gasteiger partial charge in [0.05, 0.1) is 5.56 Å². The van der Waals surface area contributed by atoms with Gasteiger partial charge in [0.25, 0.3) is 5.91 Å². The van der Waals surface area contributed by atoms with Gasteiger partial charge in [0.2, 0.25) is 0 Å². The smallest absolute Gasteiger partial charge is 0.326 e. The number of hydrogen-bond donors (Lipinski definition) is 2. The predicted molar refractivity (Wildman–Crippen MR) is 73.7 cm³/mol. The quantitative estimate of drug-likeness (QED) is 0.911. The van der Waals surface area contributed by atoms with E-state index in [0.717, 1.165) is 12.1 Å². The van der Waals surface area contributed by atoms with Gasteiger partial charge in [-0.05, 0) is 29.8 Å². The van der Waals surface area contributed by atoms with Crippen molar-refractivity contribution < 1.29 is 18.0 Å². The van der Waals surface area contributed by atoms with Crippen LogP contribution in [0, 0.1) is 0 Å². The van der Waals surface area contributed by atoms with Crippen LogP contribution < -0.4 is 11.1 Å². The van der Waals surface area contributed by atoms with Gasteiger partial charge in [-0.3, -0.25) is 4.79 Å². The summed E-state index contributed by atoms with van der Waals surface area (Å²) < 4.78 is 37.9. The Balaban J connectivity index is 2.24. The molecule has 2 aromatic rings. The fourth-order valence-corrected chi connectivity index (χ4v) is 1.89. The van der Waals surface area contributed by atoms with Crippen LogP contribution in [0.4, 0.5) is 18.9 Å². The van der Waals surface area contributed by atoms with Crippen molar-refractivity contribution in [3.05, 3.63) is 65.2 Å². The van der Waals surface area contributed by atoms with Crippen LogP contribution in [-0.2, 0) is 12.7 Å². The maximum Gasteiger partial charge on any atom is 0.416 e. The lowest BCUT2D eigenvalue weighted by molar-refractivity contribution is -0.137. The molecule has 0 radical (unpaired) electrons. The molecule has 6 heteroatoms. The number of halogens is 3. The third-order valence-electron chi connectivity index (χ3n) is 2.93. The molecule has 21 heavy (non-hydrogen) atoms. The first-order chi connectivity index (χ1) is 9.91. The number of benzene rings is 2. The van der Waals surface area contributed by atoms with E-state index in [0.29, 0.717) is 11.1 Å². The fourth-order valence-electron chi connectivity index (χ4n) is 1.89. The highest BCUT2D eigenvalue weighted by Crippen LogP contribution is 2.30. The summed E-state index contributed by atoms with van der Waals surface area (Å²) in [5.74, 6) is -0.490. The van der Waals surface area contributed by atoms with E-state index in [4.69, 9.17) is 5.73 Å². The second kappa shape index (κ2) is 5.97. The standard InChI is InChI=1S/C15H13F3N2O/c16-15(17,18)11-5-3-6-12(8-11)20-14(21)13-7-2-1-4-10(13)9-19/h1-8H,9,19H2,(H,20,21). The van der Waals surface area contributed by atoms with Gasteiger partial charge in [-0.25, -0.2) is 0 Å². The van der Waals surface area contributed by atoms with Crippen molar-refractivity contribution in [3.8, 4) is 0 Å². The van der Waals surface area contributed by atoms with Crippen LogP contribution in [0.5, 0.6) is 0 Å². The maximum absolute atomic E-state index is 12.6. The molecule has 0 spiro atoms. The summed E-state index contributed by atoms with van der Waals surface area (Å²) in [6.45, 7) is 0.173. The van der Waals surface area contributed by atoms with Crippen LogP contribution in [0.15, 0.2) is 48.5 Å². The lowest BCUT2D eigenvalue weighted by Gasteiger charge is -2.11. The molecule has 1 amide bonds. The van der Waals surface area contributed by atoms with E-state index in [1.807, 2.05) is 0 Å². The minimum absolute atomic E-state index is 0.0849. The van der Waals surface area contributed by atoms with E-state index in [-0.39, 0.29) is 12.2 Å². The Morgan fingerprint density at radius 1 is 1.10 bits per heavy atom. The summed E-state index contributed by atoms with van der Waals surface area (Å²) in [5, 5.41) is 2.45. The van der Waals surface area contributed by atoms with Gasteiger partial charge < -0.3 is 11.1 Å². The molecule has 0 fully saturated rings. The number of nitrogens with one attached hydrogen (secondary N) is 1. The van der Waals surface area contributed by atoms with Gasteiger partial charge in [0, 0.05) is 17.8 Å². The Kier molecular flexibility index (Phi) is 4.28. The van der Waals surface area contributed by atoms with Crippen molar-refractivity contribution in [1.82, 2.24) is 0 Å². The Morgan fingerprint density at radius 3 is 2.48 bits per heavy atom. The van der Waals surface area contributed by atoms with E-state index in [9.17, 15) is 18.0 Å². The molecular formula is C15H13F3N2O. The SMILES string of the molecule is NCc1ccccc1C(=O)Nc1cccc(C(F)(F)F)c1. The molecule has 0 aliphatic rings. The highest BCUT2D eigenvalue weighted by molar-refractivity contribution is 6.05.